The Hall–Kier alpha value is -1.62. The topological polar surface area (TPSA) is 68.7 Å². The van der Waals surface area contributed by atoms with Gasteiger partial charge in [-0.25, -0.2) is 0 Å². The summed E-state index contributed by atoms with van der Waals surface area (Å²) in [6, 6.07) is 0. The number of rotatable bonds is 6. The van der Waals surface area contributed by atoms with E-state index < -0.39 is 5.97 Å². The number of pyridine rings is 1. The number of hydrogen-bond donors (Lipinski definition) is 1. The molecular formula is C13H19NO4. The highest BCUT2D eigenvalue weighted by Crippen LogP contribution is 2.33. The maximum Gasteiger partial charge on any atom is 0.308 e. The first kappa shape index (κ1) is 14.4. The van der Waals surface area contributed by atoms with Gasteiger partial charge in [0.05, 0.1) is 13.2 Å². The van der Waals surface area contributed by atoms with Crippen LogP contribution < -0.4 is 9.47 Å². The first-order valence-corrected chi connectivity index (χ1v) is 6.00. The Bertz CT molecular complexity index is 418. The fourth-order valence-electron chi connectivity index (χ4n) is 1.45. The fraction of sp³-hybridized carbons (Fsp3) is 0.538. The molecule has 1 rings (SSSR count). The van der Waals surface area contributed by atoms with Gasteiger partial charge in [0.1, 0.15) is 5.69 Å². The predicted octanol–water partition coefficient (Wildman–Crippen LogP) is 1.99. The minimum absolute atomic E-state index is 0.254. The van der Waals surface area contributed by atoms with Gasteiger partial charge in [0.15, 0.2) is 11.5 Å². The Kier molecular flexibility index (Phi) is 5.58. The third-order valence-electron chi connectivity index (χ3n) is 2.38. The zero-order chi connectivity index (χ0) is 13.5. The number of ether oxygens (including phenoxy) is 2. The van der Waals surface area contributed by atoms with E-state index in [0.717, 1.165) is 12.8 Å². The van der Waals surface area contributed by atoms with Gasteiger partial charge in [-0.1, -0.05) is 13.3 Å². The highest BCUT2D eigenvalue weighted by molar-refractivity contribution is 5.71. The lowest BCUT2D eigenvalue weighted by atomic mass is 10.2. The number of aliphatic hydroxyl groups is 1. The van der Waals surface area contributed by atoms with Crippen molar-refractivity contribution < 1.29 is 19.4 Å². The smallest absolute Gasteiger partial charge is 0.308 e. The Balaban J connectivity index is 3.06. The van der Waals surface area contributed by atoms with Crippen LogP contribution >= 0.6 is 0 Å². The highest BCUT2D eigenvalue weighted by atomic mass is 16.6. The van der Waals surface area contributed by atoms with Crippen LogP contribution in [-0.4, -0.2) is 22.7 Å². The van der Waals surface area contributed by atoms with Crippen molar-refractivity contribution >= 4 is 5.97 Å². The number of carbonyl (C=O) groups excluding carboxylic acids is 1. The van der Waals surface area contributed by atoms with Crippen LogP contribution in [0, 0.1) is 6.92 Å². The summed E-state index contributed by atoms with van der Waals surface area (Å²) in [6.45, 7) is 5.41. The van der Waals surface area contributed by atoms with Gasteiger partial charge < -0.3 is 14.6 Å². The third kappa shape index (κ3) is 3.70. The summed E-state index contributed by atoms with van der Waals surface area (Å²) in [5.41, 5.74) is 1.09. The number of nitrogens with zero attached hydrogens (tertiary/aromatic N) is 1. The Morgan fingerprint density at radius 2 is 2.17 bits per heavy atom. The van der Waals surface area contributed by atoms with Crippen molar-refractivity contribution in [2.45, 2.75) is 40.2 Å². The molecule has 1 aromatic rings. The molecule has 1 heterocycles. The number of carbonyl (C=O) groups is 1. The number of hydrogen-bond acceptors (Lipinski definition) is 5. The van der Waals surface area contributed by atoms with E-state index in [0.29, 0.717) is 29.4 Å². The van der Waals surface area contributed by atoms with Crippen molar-refractivity contribution in [3.63, 3.8) is 0 Å². The predicted molar refractivity (Wildman–Crippen MR) is 66.6 cm³/mol. The van der Waals surface area contributed by atoms with Crippen molar-refractivity contribution in [2.75, 3.05) is 6.61 Å². The number of esters is 1. The van der Waals surface area contributed by atoms with Crippen molar-refractivity contribution in [1.82, 2.24) is 4.98 Å². The van der Waals surface area contributed by atoms with Crippen LogP contribution in [-0.2, 0) is 11.4 Å². The Morgan fingerprint density at radius 1 is 1.44 bits per heavy atom. The van der Waals surface area contributed by atoms with Gasteiger partial charge >= 0.3 is 5.97 Å². The van der Waals surface area contributed by atoms with Crippen molar-refractivity contribution in [3.8, 4) is 11.5 Å². The molecule has 0 fully saturated rings. The highest BCUT2D eigenvalue weighted by Gasteiger charge is 2.16. The number of aromatic nitrogens is 1. The molecule has 0 aliphatic carbocycles. The molecule has 0 unspecified atom stereocenters. The molecule has 18 heavy (non-hydrogen) atoms. The molecule has 0 saturated heterocycles. The number of unbranched alkanes of at least 4 members (excludes halogenated alkanes) is 1. The molecule has 0 saturated carbocycles. The number of aliphatic hydroxyl groups excluding tert-OH is 1. The van der Waals surface area contributed by atoms with Crippen molar-refractivity contribution in [2.24, 2.45) is 0 Å². The molecule has 0 aliphatic heterocycles. The molecule has 5 nitrogen and oxygen atoms in total. The lowest BCUT2D eigenvalue weighted by Crippen LogP contribution is -2.09. The summed E-state index contributed by atoms with van der Waals surface area (Å²) in [5, 5.41) is 9.24. The zero-order valence-corrected chi connectivity index (χ0v) is 11.0. The second-order valence-corrected chi connectivity index (χ2v) is 4.00. The summed E-state index contributed by atoms with van der Waals surface area (Å²) in [6.07, 6.45) is 3.44. The van der Waals surface area contributed by atoms with Gasteiger partial charge in [-0.05, 0) is 13.3 Å². The molecule has 100 valence electrons. The summed E-state index contributed by atoms with van der Waals surface area (Å²) in [5.74, 6) is 0.285. The minimum atomic E-state index is -0.423. The molecule has 1 N–H and O–H groups in total. The van der Waals surface area contributed by atoms with Gasteiger partial charge in [-0.15, -0.1) is 0 Å². The van der Waals surface area contributed by atoms with Gasteiger partial charge in [0.2, 0.25) is 0 Å². The van der Waals surface area contributed by atoms with E-state index in [9.17, 15) is 9.90 Å². The molecule has 0 atom stereocenters. The van der Waals surface area contributed by atoms with E-state index in [1.54, 1.807) is 13.1 Å². The second-order valence-electron chi connectivity index (χ2n) is 4.00. The van der Waals surface area contributed by atoms with Crippen LogP contribution in [0.15, 0.2) is 6.20 Å². The number of aryl methyl sites for hydroxylation is 1. The second kappa shape index (κ2) is 6.96. The van der Waals surface area contributed by atoms with Crippen LogP contribution in [0.3, 0.4) is 0 Å². The molecule has 1 aromatic heterocycles. The van der Waals surface area contributed by atoms with Gasteiger partial charge in [0, 0.05) is 18.7 Å². The molecule has 0 aliphatic rings. The van der Waals surface area contributed by atoms with Crippen molar-refractivity contribution in [1.29, 1.82) is 0 Å². The Labute approximate surface area is 107 Å². The van der Waals surface area contributed by atoms with E-state index in [1.807, 2.05) is 0 Å². The van der Waals surface area contributed by atoms with Crippen LogP contribution in [0.4, 0.5) is 0 Å². The zero-order valence-electron chi connectivity index (χ0n) is 11.0. The standard InChI is InChI=1S/C13H19NO4/c1-4-5-6-17-13-11(8-15)14-7-9(2)12(13)18-10(3)16/h7,15H,4-6,8H2,1-3H3. The van der Waals surface area contributed by atoms with Crippen LogP contribution in [0.5, 0.6) is 11.5 Å². The summed E-state index contributed by atoms with van der Waals surface area (Å²) in [7, 11) is 0. The lowest BCUT2D eigenvalue weighted by Gasteiger charge is -2.15. The Morgan fingerprint density at radius 3 is 2.72 bits per heavy atom. The third-order valence-corrected chi connectivity index (χ3v) is 2.38. The monoisotopic (exact) mass is 253 g/mol. The molecule has 5 heteroatoms. The summed E-state index contributed by atoms with van der Waals surface area (Å²) in [4.78, 5) is 15.2. The fourth-order valence-corrected chi connectivity index (χ4v) is 1.45. The lowest BCUT2D eigenvalue weighted by molar-refractivity contribution is -0.132. The average molecular weight is 253 g/mol. The minimum Gasteiger partial charge on any atom is -0.488 e. The van der Waals surface area contributed by atoms with Gasteiger partial charge in [0.25, 0.3) is 0 Å². The maximum atomic E-state index is 11.1. The van der Waals surface area contributed by atoms with E-state index in [1.165, 1.54) is 6.92 Å². The maximum absolute atomic E-state index is 11.1. The summed E-state index contributed by atoms with van der Waals surface area (Å²) >= 11 is 0. The SMILES string of the molecule is CCCCOc1c(CO)ncc(C)c1OC(C)=O. The summed E-state index contributed by atoms with van der Waals surface area (Å²) < 4.78 is 10.7. The molecule has 0 radical (unpaired) electrons. The molecule has 0 aromatic carbocycles. The van der Waals surface area contributed by atoms with Crippen LogP contribution in [0.25, 0.3) is 0 Å². The quantitative estimate of drug-likeness (QED) is 0.620. The van der Waals surface area contributed by atoms with Crippen LogP contribution in [0.2, 0.25) is 0 Å². The van der Waals surface area contributed by atoms with E-state index >= 15 is 0 Å². The van der Waals surface area contributed by atoms with E-state index in [-0.39, 0.29) is 6.61 Å². The molecule has 0 amide bonds. The molecular weight excluding hydrogens is 234 g/mol. The normalized spacial score (nSPS) is 10.2. The van der Waals surface area contributed by atoms with E-state index in [4.69, 9.17) is 9.47 Å². The first-order valence-electron chi connectivity index (χ1n) is 6.00. The van der Waals surface area contributed by atoms with Crippen LogP contribution in [0.1, 0.15) is 37.9 Å². The van der Waals surface area contributed by atoms with Gasteiger partial charge in [-0.2, -0.15) is 0 Å². The van der Waals surface area contributed by atoms with Crippen molar-refractivity contribution in [3.05, 3.63) is 17.5 Å². The molecule has 0 spiro atoms. The largest absolute Gasteiger partial charge is 0.488 e. The molecule has 0 bridgehead atoms. The van der Waals surface area contributed by atoms with E-state index in [2.05, 4.69) is 11.9 Å². The average Bonchev–Trinajstić information content (AvgIpc) is 2.33. The first-order chi connectivity index (χ1) is 8.60. The van der Waals surface area contributed by atoms with Gasteiger partial charge in [-0.3, -0.25) is 9.78 Å².